The van der Waals surface area contributed by atoms with E-state index in [9.17, 15) is 30.3 Å². The van der Waals surface area contributed by atoms with Gasteiger partial charge in [-0.25, -0.2) is 4.98 Å². The largest absolute Gasteiger partial charge is 0.506 e. The van der Waals surface area contributed by atoms with E-state index in [1.54, 1.807) is 37.8 Å². The van der Waals surface area contributed by atoms with Crippen molar-refractivity contribution in [2.75, 3.05) is 13.7 Å². The highest BCUT2D eigenvalue weighted by Gasteiger charge is 2.45. The number of imidazole rings is 1. The van der Waals surface area contributed by atoms with Crippen LogP contribution in [-0.2, 0) is 11.3 Å². The Labute approximate surface area is 207 Å². The Kier molecular flexibility index (Phi) is 7.76. The summed E-state index contributed by atoms with van der Waals surface area (Å²) >= 11 is 0. The van der Waals surface area contributed by atoms with Gasteiger partial charge in [-0.15, -0.1) is 0 Å². The van der Waals surface area contributed by atoms with Gasteiger partial charge in [-0.2, -0.15) is 0 Å². The van der Waals surface area contributed by atoms with Crippen molar-refractivity contribution in [3.8, 4) is 17.2 Å². The molecular formula is C25H30N2O9. The Morgan fingerprint density at radius 3 is 2.61 bits per heavy atom. The molecule has 11 nitrogen and oxygen atoms in total. The molecule has 5 N–H and O–H groups in total. The average Bonchev–Trinajstić information content (AvgIpc) is 3.37. The minimum atomic E-state index is -1.65. The van der Waals surface area contributed by atoms with Crippen molar-refractivity contribution >= 4 is 16.6 Å². The lowest BCUT2D eigenvalue weighted by molar-refractivity contribution is -0.277. The Hall–Kier alpha value is -3.22. The number of hydrogen-bond acceptors (Lipinski definition) is 10. The number of carbonyl (C=O) groups is 1. The summed E-state index contributed by atoms with van der Waals surface area (Å²) in [5.41, 5.74) is 0.719. The summed E-state index contributed by atoms with van der Waals surface area (Å²) in [6.45, 7) is 1.70. The topological polar surface area (TPSA) is 164 Å². The molecule has 0 saturated carbocycles. The van der Waals surface area contributed by atoms with E-state index >= 15 is 0 Å². The summed E-state index contributed by atoms with van der Waals surface area (Å²) in [6, 6.07) is 4.84. The maximum atomic E-state index is 13.1. The van der Waals surface area contributed by atoms with Crippen LogP contribution in [0.15, 0.2) is 36.9 Å². The highest BCUT2D eigenvalue weighted by molar-refractivity contribution is 6.08. The number of aromatic hydroxyl groups is 1. The van der Waals surface area contributed by atoms with E-state index < -0.39 is 37.3 Å². The van der Waals surface area contributed by atoms with Crippen LogP contribution in [0.25, 0.3) is 10.8 Å². The Balaban J connectivity index is 1.68. The van der Waals surface area contributed by atoms with Gasteiger partial charge in [0.25, 0.3) is 0 Å². The maximum absolute atomic E-state index is 13.1. The molecule has 36 heavy (non-hydrogen) atoms. The Morgan fingerprint density at radius 1 is 1.17 bits per heavy atom. The lowest BCUT2D eigenvalue weighted by Crippen LogP contribution is -2.60. The highest BCUT2D eigenvalue weighted by Crippen LogP contribution is 2.42. The van der Waals surface area contributed by atoms with E-state index in [2.05, 4.69) is 4.98 Å². The molecule has 3 aromatic rings. The standard InChI is InChI=1S/C25H30N2O9/c1-13-8-14-9-15(34-2)10-17(35-25-24(33)23(32)21(30)18(11-28)36-25)20(14)22(31)19(13)16(29)4-3-6-27-7-5-26-12-27/h5,7-10,12,18,21,23-25,28,30-33H,3-4,6,11H2,1-2H3. The van der Waals surface area contributed by atoms with Crippen LogP contribution >= 0.6 is 0 Å². The minimum absolute atomic E-state index is 0.0265. The van der Waals surface area contributed by atoms with Gasteiger partial charge in [0, 0.05) is 31.4 Å². The predicted molar refractivity (Wildman–Crippen MR) is 127 cm³/mol. The number of aromatic nitrogens is 2. The van der Waals surface area contributed by atoms with Gasteiger partial charge < -0.3 is 44.3 Å². The number of rotatable bonds is 9. The molecule has 2 heterocycles. The quantitative estimate of drug-likeness (QED) is 0.266. The number of Topliss-reactive ketones (excluding diaryl/α,β-unsaturated/α-hetero) is 1. The average molecular weight is 503 g/mol. The van der Waals surface area contributed by atoms with Gasteiger partial charge in [0.1, 0.15) is 41.7 Å². The second-order valence-electron chi connectivity index (χ2n) is 8.78. The van der Waals surface area contributed by atoms with Crippen LogP contribution in [0.4, 0.5) is 0 Å². The van der Waals surface area contributed by atoms with Gasteiger partial charge in [0.05, 0.1) is 31.0 Å². The van der Waals surface area contributed by atoms with Gasteiger partial charge in [-0.05, 0) is 30.4 Å². The fraction of sp³-hybridized carbons (Fsp3) is 0.440. The first kappa shape index (κ1) is 25.9. The molecule has 194 valence electrons. The van der Waals surface area contributed by atoms with Crippen LogP contribution in [-0.4, -0.2) is 85.3 Å². The van der Waals surface area contributed by atoms with E-state index in [1.807, 2.05) is 4.57 Å². The normalized spacial score (nSPS) is 24.1. The third-order valence-corrected chi connectivity index (χ3v) is 6.33. The third-order valence-electron chi connectivity index (χ3n) is 6.33. The molecule has 2 aromatic carbocycles. The zero-order chi connectivity index (χ0) is 26.0. The van der Waals surface area contributed by atoms with Crippen LogP contribution in [0.3, 0.4) is 0 Å². The van der Waals surface area contributed by atoms with E-state index in [0.29, 0.717) is 29.7 Å². The summed E-state index contributed by atoms with van der Waals surface area (Å²) in [4.78, 5) is 17.1. The molecule has 0 spiro atoms. The number of benzene rings is 2. The first-order valence-corrected chi connectivity index (χ1v) is 11.6. The van der Waals surface area contributed by atoms with Gasteiger partial charge in [0.15, 0.2) is 5.78 Å². The molecule has 5 unspecified atom stereocenters. The SMILES string of the molecule is COc1cc(OC2OC(CO)C(O)C(O)C2O)c2c(O)c(C(=O)CCCn3ccnc3)c(C)cc2c1. The van der Waals surface area contributed by atoms with Crippen molar-refractivity contribution in [2.24, 2.45) is 0 Å². The van der Waals surface area contributed by atoms with Crippen molar-refractivity contribution in [1.82, 2.24) is 9.55 Å². The second-order valence-corrected chi connectivity index (χ2v) is 8.78. The van der Waals surface area contributed by atoms with E-state index in [0.717, 1.165) is 0 Å². The fourth-order valence-electron chi connectivity index (χ4n) is 4.41. The number of phenolic OH excluding ortho intramolecular Hbond substituents is 1. The number of aliphatic hydroxyl groups excluding tert-OH is 4. The number of aryl methyl sites for hydroxylation is 2. The predicted octanol–water partition coefficient (Wildman–Crippen LogP) is 0.901. The molecule has 0 aliphatic carbocycles. The number of fused-ring (bicyclic) bond motifs is 1. The molecule has 1 aliphatic heterocycles. The Morgan fingerprint density at radius 2 is 1.94 bits per heavy atom. The monoisotopic (exact) mass is 502 g/mol. The fourth-order valence-corrected chi connectivity index (χ4v) is 4.41. The number of carbonyl (C=O) groups excluding carboxylic acids is 1. The molecule has 1 aliphatic rings. The smallest absolute Gasteiger partial charge is 0.229 e. The number of aliphatic hydroxyl groups is 4. The van der Waals surface area contributed by atoms with Gasteiger partial charge >= 0.3 is 0 Å². The zero-order valence-corrected chi connectivity index (χ0v) is 19.9. The summed E-state index contributed by atoms with van der Waals surface area (Å²) in [6.07, 6.45) is -1.62. The van der Waals surface area contributed by atoms with Crippen molar-refractivity contribution in [3.05, 3.63) is 48.0 Å². The molecule has 0 bridgehead atoms. The van der Waals surface area contributed by atoms with Crippen LogP contribution in [0.1, 0.15) is 28.8 Å². The molecule has 1 fully saturated rings. The molecule has 4 rings (SSSR count). The van der Waals surface area contributed by atoms with Crippen molar-refractivity contribution in [2.45, 2.75) is 57.0 Å². The lowest BCUT2D eigenvalue weighted by atomic mass is 9.94. The first-order valence-electron chi connectivity index (χ1n) is 11.6. The Bertz CT molecular complexity index is 1210. The molecule has 1 aromatic heterocycles. The molecule has 5 atom stereocenters. The molecule has 11 heteroatoms. The van der Waals surface area contributed by atoms with Crippen molar-refractivity contribution < 1.29 is 44.5 Å². The van der Waals surface area contributed by atoms with E-state index in [1.165, 1.54) is 13.2 Å². The van der Waals surface area contributed by atoms with Crippen LogP contribution in [0.2, 0.25) is 0 Å². The number of ether oxygens (including phenoxy) is 3. The zero-order valence-electron chi connectivity index (χ0n) is 19.9. The number of ketones is 1. The molecular weight excluding hydrogens is 472 g/mol. The van der Waals surface area contributed by atoms with E-state index in [-0.39, 0.29) is 34.7 Å². The van der Waals surface area contributed by atoms with Crippen LogP contribution < -0.4 is 9.47 Å². The van der Waals surface area contributed by atoms with Crippen LogP contribution in [0, 0.1) is 6.92 Å². The van der Waals surface area contributed by atoms with Gasteiger partial charge in [-0.3, -0.25) is 4.79 Å². The maximum Gasteiger partial charge on any atom is 0.229 e. The number of hydrogen-bond donors (Lipinski definition) is 5. The lowest BCUT2D eigenvalue weighted by Gasteiger charge is -2.39. The highest BCUT2D eigenvalue weighted by atomic mass is 16.7. The number of methoxy groups -OCH3 is 1. The van der Waals surface area contributed by atoms with E-state index in [4.69, 9.17) is 14.2 Å². The number of phenols is 1. The van der Waals surface area contributed by atoms with Gasteiger partial charge in [0.2, 0.25) is 6.29 Å². The van der Waals surface area contributed by atoms with Gasteiger partial charge in [-0.1, -0.05) is 6.07 Å². The summed E-state index contributed by atoms with van der Waals surface area (Å²) in [5.74, 6) is -0.138. The number of nitrogens with zero attached hydrogens (tertiary/aromatic N) is 2. The molecule has 0 amide bonds. The van der Waals surface area contributed by atoms with Crippen molar-refractivity contribution in [1.29, 1.82) is 0 Å². The first-order chi connectivity index (χ1) is 17.2. The molecule has 1 saturated heterocycles. The summed E-state index contributed by atoms with van der Waals surface area (Å²) < 4.78 is 18.5. The third kappa shape index (κ3) is 5.01. The summed E-state index contributed by atoms with van der Waals surface area (Å²) in [7, 11) is 1.45. The molecule has 0 radical (unpaired) electrons. The van der Waals surface area contributed by atoms with Crippen molar-refractivity contribution in [3.63, 3.8) is 0 Å². The second kappa shape index (κ2) is 10.8. The summed E-state index contributed by atoms with van der Waals surface area (Å²) in [5, 5.41) is 52.0. The van der Waals surface area contributed by atoms with Crippen LogP contribution in [0.5, 0.6) is 17.2 Å². The minimum Gasteiger partial charge on any atom is -0.506 e.